The number of amides is 1. The van der Waals surface area contributed by atoms with Crippen LogP contribution in [0.1, 0.15) is 41.3 Å². The molecule has 0 radical (unpaired) electrons. The van der Waals surface area contributed by atoms with Crippen molar-refractivity contribution in [3.8, 4) is 5.75 Å². The molecular formula is C18H22N2O4S. The Bertz CT molecular complexity index is 859. The molecule has 25 heavy (non-hydrogen) atoms. The molecule has 0 aliphatic heterocycles. The number of carbonyl (C=O) groups excluding carboxylic acids is 1. The first kappa shape index (κ1) is 19.0. The zero-order valence-electron chi connectivity index (χ0n) is 14.4. The van der Waals surface area contributed by atoms with Gasteiger partial charge >= 0.3 is 0 Å². The number of hydrogen-bond donors (Lipinski definition) is 3. The van der Waals surface area contributed by atoms with Crippen molar-refractivity contribution in [2.24, 2.45) is 0 Å². The van der Waals surface area contributed by atoms with Gasteiger partial charge in [-0.25, -0.2) is 13.1 Å². The standard InChI is InChI=1S/C18H22N2O4S/c1-12(2)14-6-9-16(17(21)10-14)18(22)20-11-13-4-7-15(8-5-13)25(23,24)19-3/h4-10,12,19,21H,11H2,1-3H3,(H,20,22). The van der Waals surface area contributed by atoms with Gasteiger partial charge in [-0.05, 0) is 48.4 Å². The maximum atomic E-state index is 12.2. The minimum atomic E-state index is -3.48. The summed E-state index contributed by atoms with van der Waals surface area (Å²) in [7, 11) is -2.13. The van der Waals surface area contributed by atoms with E-state index in [0.717, 1.165) is 11.1 Å². The molecule has 134 valence electrons. The fourth-order valence-electron chi connectivity index (χ4n) is 2.28. The van der Waals surface area contributed by atoms with Gasteiger partial charge in [-0.1, -0.05) is 32.0 Å². The summed E-state index contributed by atoms with van der Waals surface area (Å²) in [6.07, 6.45) is 0. The lowest BCUT2D eigenvalue weighted by Gasteiger charge is -2.10. The summed E-state index contributed by atoms with van der Waals surface area (Å²) in [5.74, 6) is -0.186. The van der Waals surface area contributed by atoms with Crippen molar-refractivity contribution >= 4 is 15.9 Å². The maximum Gasteiger partial charge on any atom is 0.255 e. The quantitative estimate of drug-likeness (QED) is 0.735. The van der Waals surface area contributed by atoms with Crippen LogP contribution >= 0.6 is 0 Å². The van der Waals surface area contributed by atoms with Crippen molar-refractivity contribution in [2.75, 3.05) is 7.05 Å². The lowest BCUT2D eigenvalue weighted by atomic mass is 10.0. The van der Waals surface area contributed by atoms with Crippen molar-refractivity contribution in [1.82, 2.24) is 10.0 Å². The average Bonchev–Trinajstić information content (AvgIpc) is 2.59. The summed E-state index contributed by atoms with van der Waals surface area (Å²) in [6.45, 7) is 4.24. The zero-order chi connectivity index (χ0) is 18.6. The molecule has 0 heterocycles. The van der Waals surface area contributed by atoms with Gasteiger partial charge in [0.1, 0.15) is 5.75 Å². The van der Waals surface area contributed by atoms with E-state index >= 15 is 0 Å². The van der Waals surface area contributed by atoms with E-state index in [1.165, 1.54) is 19.2 Å². The Kier molecular flexibility index (Phi) is 5.81. The van der Waals surface area contributed by atoms with Crippen LogP contribution < -0.4 is 10.0 Å². The van der Waals surface area contributed by atoms with Crippen LogP contribution in [0.4, 0.5) is 0 Å². The van der Waals surface area contributed by atoms with E-state index in [1.807, 2.05) is 19.9 Å². The van der Waals surface area contributed by atoms with Gasteiger partial charge in [0.15, 0.2) is 0 Å². The fourth-order valence-corrected chi connectivity index (χ4v) is 3.01. The molecule has 7 heteroatoms. The van der Waals surface area contributed by atoms with Crippen molar-refractivity contribution in [1.29, 1.82) is 0 Å². The van der Waals surface area contributed by atoms with Crippen LogP contribution in [0.15, 0.2) is 47.4 Å². The SMILES string of the molecule is CNS(=O)(=O)c1ccc(CNC(=O)c2ccc(C(C)C)cc2O)cc1. The van der Waals surface area contributed by atoms with Gasteiger partial charge in [0, 0.05) is 6.54 Å². The number of sulfonamides is 1. The highest BCUT2D eigenvalue weighted by Crippen LogP contribution is 2.23. The molecule has 0 aliphatic rings. The molecule has 1 amide bonds. The molecule has 0 saturated carbocycles. The zero-order valence-corrected chi connectivity index (χ0v) is 15.2. The van der Waals surface area contributed by atoms with Crippen LogP contribution in [0.5, 0.6) is 5.75 Å². The molecule has 0 unspecified atom stereocenters. The van der Waals surface area contributed by atoms with Crippen molar-refractivity contribution < 1.29 is 18.3 Å². The Hall–Kier alpha value is -2.38. The number of hydrogen-bond acceptors (Lipinski definition) is 4. The molecule has 3 N–H and O–H groups in total. The predicted molar refractivity (Wildman–Crippen MR) is 96.1 cm³/mol. The molecule has 0 bridgehead atoms. The summed E-state index contributed by atoms with van der Waals surface area (Å²) < 4.78 is 25.6. The summed E-state index contributed by atoms with van der Waals surface area (Å²) >= 11 is 0. The smallest absolute Gasteiger partial charge is 0.255 e. The van der Waals surface area contributed by atoms with Gasteiger partial charge < -0.3 is 10.4 Å². The van der Waals surface area contributed by atoms with Gasteiger partial charge in [-0.2, -0.15) is 0 Å². The summed E-state index contributed by atoms with van der Waals surface area (Å²) in [5, 5.41) is 12.7. The molecule has 0 aromatic heterocycles. The third-order valence-electron chi connectivity index (χ3n) is 3.89. The number of benzene rings is 2. The third kappa shape index (κ3) is 4.58. The second kappa shape index (κ2) is 7.67. The number of phenols is 1. The molecule has 0 aliphatic carbocycles. The normalized spacial score (nSPS) is 11.5. The lowest BCUT2D eigenvalue weighted by Crippen LogP contribution is -2.23. The van der Waals surface area contributed by atoms with Crippen LogP contribution in [0.2, 0.25) is 0 Å². The fraction of sp³-hybridized carbons (Fsp3) is 0.278. The summed E-state index contributed by atoms with van der Waals surface area (Å²) in [5.41, 5.74) is 1.91. The Labute approximate surface area is 147 Å². The van der Waals surface area contributed by atoms with Crippen LogP contribution in [0.3, 0.4) is 0 Å². The number of nitrogens with one attached hydrogen (secondary N) is 2. The molecule has 2 aromatic carbocycles. The first-order valence-corrected chi connectivity index (χ1v) is 9.36. The number of phenolic OH excluding ortho intramolecular Hbond substituents is 1. The minimum Gasteiger partial charge on any atom is -0.507 e. The van der Waals surface area contributed by atoms with Gasteiger partial charge in [-0.3, -0.25) is 4.79 Å². The highest BCUT2D eigenvalue weighted by atomic mass is 32.2. The highest BCUT2D eigenvalue weighted by molar-refractivity contribution is 7.89. The number of carbonyl (C=O) groups is 1. The topological polar surface area (TPSA) is 95.5 Å². The van der Waals surface area contributed by atoms with E-state index < -0.39 is 10.0 Å². The van der Waals surface area contributed by atoms with E-state index in [9.17, 15) is 18.3 Å². The predicted octanol–water partition coefficient (Wildman–Crippen LogP) is 2.35. The van der Waals surface area contributed by atoms with Gasteiger partial charge in [0.05, 0.1) is 10.5 Å². The largest absolute Gasteiger partial charge is 0.507 e. The van der Waals surface area contributed by atoms with Crippen molar-refractivity contribution in [3.63, 3.8) is 0 Å². The molecule has 0 fully saturated rings. The minimum absolute atomic E-state index is 0.0563. The molecular weight excluding hydrogens is 340 g/mol. The summed E-state index contributed by atoms with van der Waals surface area (Å²) in [6, 6.07) is 11.2. The Morgan fingerprint density at radius 2 is 1.76 bits per heavy atom. The molecule has 2 aromatic rings. The van der Waals surface area contributed by atoms with E-state index in [2.05, 4.69) is 10.0 Å². The number of rotatable bonds is 6. The molecule has 0 saturated heterocycles. The maximum absolute atomic E-state index is 12.2. The molecule has 0 atom stereocenters. The van der Waals surface area contributed by atoms with Gasteiger partial charge in [0.25, 0.3) is 5.91 Å². The Morgan fingerprint density at radius 3 is 2.28 bits per heavy atom. The average molecular weight is 362 g/mol. The van der Waals surface area contributed by atoms with Crippen LogP contribution in [0, 0.1) is 0 Å². The van der Waals surface area contributed by atoms with E-state index in [0.29, 0.717) is 0 Å². The Morgan fingerprint density at radius 1 is 1.12 bits per heavy atom. The first-order chi connectivity index (χ1) is 11.7. The molecule has 2 rings (SSSR count). The second-order valence-corrected chi connectivity index (χ2v) is 7.85. The van der Waals surface area contributed by atoms with E-state index in [-0.39, 0.29) is 34.6 Å². The van der Waals surface area contributed by atoms with E-state index in [1.54, 1.807) is 24.3 Å². The molecule has 6 nitrogen and oxygen atoms in total. The van der Waals surface area contributed by atoms with E-state index in [4.69, 9.17) is 0 Å². The molecule has 0 spiro atoms. The highest BCUT2D eigenvalue weighted by Gasteiger charge is 2.13. The lowest BCUT2D eigenvalue weighted by molar-refractivity contribution is 0.0948. The van der Waals surface area contributed by atoms with Crippen LogP contribution in [-0.2, 0) is 16.6 Å². The van der Waals surface area contributed by atoms with Crippen molar-refractivity contribution in [3.05, 3.63) is 59.2 Å². The second-order valence-electron chi connectivity index (χ2n) is 5.97. The summed E-state index contributed by atoms with van der Waals surface area (Å²) in [4.78, 5) is 12.4. The first-order valence-electron chi connectivity index (χ1n) is 7.88. The number of aromatic hydroxyl groups is 1. The monoisotopic (exact) mass is 362 g/mol. The van der Waals surface area contributed by atoms with Gasteiger partial charge in [-0.15, -0.1) is 0 Å². The van der Waals surface area contributed by atoms with Crippen molar-refractivity contribution in [2.45, 2.75) is 31.2 Å². The van der Waals surface area contributed by atoms with Gasteiger partial charge in [0.2, 0.25) is 10.0 Å². The Balaban J connectivity index is 2.05. The third-order valence-corrected chi connectivity index (χ3v) is 5.32. The van der Waals surface area contributed by atoms with Crippen LogP contribution in [0.25, 0.3) is 0 Å². The van der Waals surface area contributed by atoms with Crippen LogP contribution in [-0.4, -0.2) is 26.5 Å².